The lowest BCUT2D eigenvalue weighted by Gasteiger charge is -2.18. The van der Waals surface area contributed by atoms with Crippen molar-refractivity contribution in [2.24, 2.45) is 0 Å². The van der Waals surface area contributed by atoms with Crippen molar-refractivity contribution in [3.8, 4) is 5.75 Å². The number of benzene rings is 2. The van der Waals surface area contributed by atoms with E-state index in [0.29, 0.717) is 24.5 Å². The van der Waals surface area contributed by atoms with Gasteiger partial charge in [-0.3, -0.25) is 9.59 Å². The summed E-state index contributed by atoms with van der Waals surface area (Å²) < 4.78 is 5.83. The minimum Gasteiger partial charge on any atom is -0.487 e. The molecule has 0 spiro atoms. The zero-order valence-corrected chi connectivity index (χ0v) is 16.2. The van der Waals surface area contributed by atoms with Crippen molar-refractivity contribution in [1.82, 2.24) is 0 Å². The number of para-hydroxylation sites is 1. The van der Waals surface area contributed by atoms with E-state index >= 15 is 0 Å². The fourth-order valence-electron chi connectivity index (χ4n) is 2.69. The number of carbonyl (C=O) groups excluding carboxylic acids is 2. The lowest BCUT2D eigenvalue weighted by molar-refractivity contribution is -0.889. The van der Waals surface area contributed by atoms with Crippen LogP contribution in [0.1, 0.15) is 19.4 Å². The number of hydrogen-bond acceptors (Lipinski definition) is 3. The molecule has 1 atom stereocenters. The molecule has 0 bridgehead atoms. The van der Waals surface area contributed by atoms with Gasteiger partial charge in [0.05, 0.1) is 6.54 Å². The molecular formula is C21H28N3O3+. The number of likely N-dealkylation sites (N-methyl/N-ethyl adjacent to an activating group) is 1. The zero-order chi connectivity index (χ0) is 19.6. The predicted molar refractivity (Wildman–Crippen MR) is 107 cm³/mol. The minimum atomic E-state index is -0.123. The molecule has 3 N–H and O–H groups in total. The molecule has 0 aliphatic heterocycles. The maximum atomic E-state index is 12.3. The van der Waals surface area contributed by atoms with Crippen LogP contribution in [0.15, 0.2) is 48.5 Å². The van der Waals surface area contributed by atoms with Crippen LogP contribution in [0.4, 0.5) is 11.4 Å². The Morgan fingerprint density at radius 2 is 1.63 bits per heavy atom. The summed E-state index contributed by atoms with van der Waals surface area (Å²) in [6.07, 6.45) is 0. The molecule has 2 aromatic carbocycles. The van der Waals surface area contributed by atoms with Crippen molar-refractivity contribution in [2.45, 2.75) is 20.8 Å². The predicted octanol–water partition coefficient (Wildman–Crippen LogP) is 1.88. The number of rotatable bonds is 9. The smallest absolute Gasteiger partial charge is 0.279 e. The van der Waals surface area contributed by atoms with E-state index in [4.69, 9.17) is 4.74 Å². The summed E-state index contributed by atoms with van der Waals surface area (Å²) in [7, 11) is 0. The molecule has 6 heteroatoms. The van der Waals surface area contributed by atoms with Gasteiger partial charge in [-0.05, 0) is 49.7 Å². The number of carbonyl (C=O) groups is 2. The Morgan fingerprint density at radius 3 is 2.22 bits per heavy atom. The molecule has 27 heavy (non-hydrogen) atoms. The van der Waals surface area contributed by atoms with Crippen LogP contribution < -0.4 is 20.3 Å². The average Bonchev–Trinajstić information content (AvgIpc) is 2.63. The van der Waals surface area contributed by atoms with Crippen LogP contribution >= 0.6 is 0 Å². The molecule has 0 aromatic heterocycles. The Bertz CT molecular complexity index is 760. The van der Waals surface area contributed by atoms with Crippen molar-refractivity contribution in [2.75, 3.05) is 36.9 Å². The summed E-state index contributed by atoms with van der Waals surface area (Å²) in [4.78, 5) is 24.5. The van der Waals surface area contributed by atoms with Crippen LogP contribution in [0, 0.1) is 6.92 Å². The maximum Gasteiger partial charge on any atom is 0.279 e. The molecule has 6 nitrogen and oxygen atoms in total. The molecule has 0 radical (unpaired) electrons. The van der Waals surface area contributed by atoms with Gasteiger partial charge in [0.15, 0.2) is 6.54 Å². The fourth-order valence-corrected chi connectivity index (χ4v) is 2.69. The minimum absolute atomic E-state index is 0.0463. The molecule has 2 rings (SSSR count). The number of nitrogens with one attached hydrogen (secondary N) is 3. The summed E-state index contributed by atoms with van der Waals surface area (Å²) in [6, 6.07) is 15.0. The molecule has 1 unspecified atom stereocenters. The fraction of sp³-hybridized carbons (Fsp3) is 0.333. The standard InChI is InChI=1S/C21H27N3O3/c1-4-24(13-14-27-20-8-6-5-7-16(20)2)15-21(26)23-19-11-9-18(10-12-19)22-17(3)25/h5-12H,4,13-15H2,1-3H3,(H,22,25)(H,23,26)/p+1. The molecule has 0 aliphatic carbocycles. The van der Waals surface area contributed by atoms with Crippen LogP contribution in [0.25, 0.3) is 0 Å². The summed E-state index contributed by atoms with van der Waals surface area (Å²) in [5.74, 6) is 0.716. The Morgan fingerprint density at radius 1 is 1.00 bits per heavy atom. The molecule has 0 fully saturated rings. The third-order valence-electron chi connectivity index (χ3n) is 4.21. The molecule has 144 valence electrons. The second-order valence-corrected chi connectivity index (χ2v) is 6.45. The molecule has 0 saturated carbocycles. The van der Waals surface area contributed by atoms with Crippen molar-refractivity contribution in [1.29, 1.82) is 0 Å². The lowest BCUT2D eigenvalue weighted by Crippen LogP contribution is -3.13. The van der Waals surface area contributed by atoms with Crippen LogP contribution in [-0.2, 0) is 9.59 Å². The maximum absolute atomic E-state index is 12.3. The van der Waals surface area contributed by atoms with E-state index in [1.54, 1.807) is 24.3 Å². The highest BCUT2D eigenvalue weighted by Crippen LogP contribution is 2.15. The second kappa shape index (κ2) is 10.3. The molecule has 0 heterocycles. The van der Waals surface area contributed by atoms with Gasteiger partial charge in [-0.25, -0.2) is 0 Å². The highest BCUT2D eigenvalue weighted by molar-refractivity contribution is 5.92. The number of anilines is 2. The SMILES string of the molecule is CC[NH+](CCOc1ccccc1C)CC(=O)Nc1ccc(NC(C)=O)cc1. The Hall–Kier alpha value is -2.86. The van der Waals surface area contributed by atoms with E-state index in [2.05, 4.69) is 17.6 Å². The van der Waals surface area contributed by atoms with Gasteiger partial charge in [0.25, 0.3) is 5.91 Å². The highest BCUT2D eigenvalue weighted by atomic mass is 16.5. The molecule has 2 amide bonds. The molecule has 0 aliphatic rings. The molecule has 0 saturated heterocycles. The summed E-state index contributed by atoms with van der Waals surface area (Å²) in [6.45, 7) is 8.06. The van der Waals surface area contributed by atoms with E-state index in [9.17, 15) is 9.59 Å². The lowest BCUT2D eigenvalue weighted by atomic mass is 10.2. The third-order valence-corrected chi connectivity index (χ3v) is 4.21. The monoisotopic (exact) mass is 370 g/mol. The van der Waals surface area contributed by atoms with Gasteiger partial charge in [0.2, 0.25) is 5.91 Å². The number of ether oxygens (including phenoxy) is 1. The molecule has 2 aromatic rings. The quantitative estimate of drug-likeness (QED) is 0.631. The highest BCUT2D eigenvalue weighted by Gasteiger charge is 2.13. The van der Waals surface area contributed by atoms with Gasteiger partial charge in [0.1, 0.15) is 18.9 Å². The molecular weight excluding hydrogens is 342 g/mol. The number of hydrogen-bond donors (Lipinski definition) is 3. The first-order valence-corrected chi connectivity index (χ1v) is 9.17. The van der Waals surface area contributed by atoms with Gasteiger partial charge < -0.3 is 20.3 Å². The van der Waals surface area contributed by atoms with Gasteiger partial charge in [-0.2, -0.15) is 0 Å². The summed E-state index contributed by atoms with van der Waals surface area (Å²) >= 11 is 0. The van der Waals surface area contributed by atoms with Gasteiger partial charge in [0, 0.05) is 18.3 Å². The summed E-state index contributed by atoms with van der Waals surface area (Å²) in [5.41, 5.74) is 2.52. The normalized spacial score (nSPS) is 11.5. The first-order chi connectivity index (χ1) is 13.0. The Labute approximate surface area is 160 Å². The van der Waals surface area contributed by atoms with E-state index in [1.807, 2.05) is 31.2 Å². The van der Waals surface area contributed by atoms with Crippen LogP contribution in [0.2, 0.25) is 0 Å². The van der Waals surface area contributed by atoms with Crippen LogP contribution in [-0.4, -0.2) is 38.1 Å². The zero-order valence-electron chi connectivity index (χ0n) is 16.2. The largest absolute Gasteiger partial charge is 0.487 e. The second-order valence-electron chi connectivity index (χ2n) is 6.45. The van der Waals surface area contributed by atoms with Gasteiger partial charge in [-0.15, -0.1) is 0 Å². The van der Waals surface area contributed by atoms with Crippen LogP contribution in [0.5, 0.6) is 5.75 Å². The average molecular weight is 370 g/mol. The van der Waals surface area contributed by atoms with E-state index in [-0.39, 0.29) is 11.8 Å². The van der Waals surface area contributed by atoms with E-state index in [1.165, 1.54) is 6.92 Å². The summed E-state index contributed by atoms with van der Waals surface area (Å²) in [5, 5.41) is 5.59. The van der Waals surface area contributed by atoms with Crippen molar-refractivity contribution < 1.29 is 19.2 Å². The first kappa shape index (κ1) is 20.5. The Kier molecular flexibility index (Phi) is 7.82. The first-order valence-electron chi connectivity index (χ1n) is 9.17. The topological polar surface area (TPSA) is 71.9 Å². The van der Waals surface area contributed by atoms with Gasteiger partial charge in [-0.1, -0.05) is 18.2 Å². The van der Waals surface area contributed by atoms with Crippen molar-refractivity contribution in [3.05, 3.63) is 54.1 Å². The Balaban J connectivity index is 1.78. The number of amides is 2. The third kappa shape index (κ3) is 7.11. The van der Waals surface area contributed by atoms with Crippen molar-refractivity contribution in [3.63, 3.8) is 0 Å². The number of aryl methyl sites for hydroxylation is 1. The van der Waals surface area contributed by atoms with E-state index in [0.717, 1.165) is 29.3 Å². The van der Waals surface area contributed by atoms with Crippen LogP contribution in [0.3, 0.4) is 0 Å². The number of quaternary nitrogens is 1. The van der Waals surface area contributed by atoms with Crippen molar-refractivity contribution >= 4 is 23.2 Å². The van der Waals surface area contributed by atoms with E-state index < -0.39 is 0 Å². The van der Waals surface area contributed by atoms with Gasteiger partial charge >= 0.3 is 0 Å².